The van der Waals surface area contributed by atoms with E-state index in [-0.39, 0.29) is 17.4 Å². The maximum Gasteiger partial charge on any atom is 0.222 e. The van der Waals surface area contributed by atoms with Gasteiger partial charge in [-0.1, -0.05) is 48.5 Å². The van der Waals surface area contributed by atoms with Crippen LogP contribution in [0.4, 0.5) is 11.8 Å². The van der Waals surface area contributed by atoms with Crippen molar-refractivity contribution >= 4 is 11.8 Å². The lowest BCUT2D eigenvalue weighted by Crippen LogP contribution is -2.05. The van der Waals surface area contributed by atoms with E-state index in [1.54, 1.807) is 24.3 Å². The van der Waals surface area contributed by atoms with Gasteiger partial charge in [-0.05, 0) is 41.0 Å². The molecule has 0 radical (unpaired) electrons. The monoisotopic (exact) mass is 384 g/mol. The molecule has 0 aliphatic heterocycles. The van der Waals surface area contributed by atoms with Gasteiger partial charge in [0, 0.05) is 18.2 Å². The van der Waals surface area contributed by atoms with E-state index in [4.69, 9.17) is 5.73 Å². The van der Waals surface area contributed by atoms with E-state index in [0.29, 0.717) is 23.6 Å². The first-order valence-corrected chi connectivity index (χ1v) is 9.13. The van der Waals surface area contributed by atoms with Crippen molar-refractivity contribution in [1.29, 1.82) is 0 Å². The van der Waals surface area contributed by atoms with Crippen LogP contribution >= 0.6 is 0 Å². The van der Waals surface area contributed by atoms with Crippen molar-refractivity contribution in [2.75, 3.05) is 11.1 Å². The lowest BCUT2D eigenvalue weighted by molar-refractivity contribution is 0.475. The number of nitrogens with two attached hydrogens (primary N) is 1. The van der Waals surface area contributed by atoms with Gasteiger partial charge in [0.1, 0.15) is 17.3 Å². The first-order chi connectivity index (χ1) is 14.1. The van der Waals surface area contributed by atoms with Gasteiger partial charge in [0.15, 0.2) is 0 Å². The summed E-state index contributed by atoms with van der Waals surface area (Å²) in [5.74, 6) is 0.989. The van der Waals surface area contributed by atoms with Crippen molar-refractivity contribution in [3.8, 4) is 33.9 Å². The second-order valence-electron chi connectivity index (χ2n) is 6.61. The third-order valence-electron chi connectivity index (χ3n) is 4.53. The molecule has 5 N–H and O–H groups in total. The number of aromatic nitrogens is 2. The van der Waals surface area contributed by atoms with Crippen LogP contribution in [0.5, 0.6) is 11.5 Å². The third kappa shape index (κ3) is 4.27. The molecule has 0 aliphatic rings. The van der Waals surface area contributed by atoms with Crippen LogP contribution in [-0.4, -0.2) is 20.2 Å². The van der Waals surface area contributed by atoms with Crippen molar-refractivity contribution in [1.82, 2.24) is 9.97 Å². The summed E-state index contributed by atoms with van der Waals surface area (Å²) in [4.78, 5) is 8.54. The van der Waals surface area contributed by atoms with Gasteiger partial charge >= 0.3 is 0 Å². The number of anilines is 2. The van der Waals surface area contributed by atoms with Crippen molar-refractivity contribution in [3.63, 3.8) is 0 Å². The first-order valence-electron chi connectivity index (χ1n) is 9.13. The Hall–Kier alpha value is -4.06. The molecule has 4 aromatic rings. The Morgan fingerprint density at radius 3 is 2.28 bits per heavy atom. The fourth-order valence-corrected chi connectivity index (χ4v) is 3.06. The number of benzene rings is 3. The fraction of sp³-hybridized carbons (Fsp3) is 0.0435. The lowest BCUT2D eigenvalue weighted by Gasteiger charge is -2.11. The molecule has 0 fully saturated rings. The molecular weight excluding hydrogens is 364 g/mol. The van der Waals surface area contributed by atoms with Crippen LogP contribution in [0, 0.1) is 0 Å². The zero-order chi connectivity index (χ0) is 20.2. The normalized spacial score (nSPS) is 10.6. The quantitative estimate of drug-likeness (QED) is 0.406. The van der Waals surface area contributed by atoms with Gasteiger partial charge in [0.2, 0.25) is 5.95 Å². The van der Waals surface area contributed by atoms with Gasteiger partial charge in [-0.3, -0.25) is 0 Å². The Labute approximate surface area is 168 Å². The average Bonchev–Trinajstić information content (AvgIpc) is 2.74. The summed E-state index contributed by atoms with van der Waals surface area (Å²) in [7, 11) is 0. The smallest absolute Gasteiger partial charge is 0.222 e. The molecule has 0 amide bonds. The minimum Gasteiger partial charge on any atom is -0.508 e. The molecule has 0 unspecified atom stereocenters. The van der Waals surface area contributed by atoms with Gasteiger partial charge in [0.25, 0.3) is 0 Å². The Bertz CT molecular complexity index is 1130. The minimum absolute atomic E-state index is 0.0969. The summed E-state index contributed by atoms with van der Waals surface area (Å²) in [6.07, 6.45) is 0. The Morgan fingerprint density at radius 1 is 0.793 bits per heavy atom. The number of phenols is 2. The molecule has 1 heterocycles. The first kappa shape index (κ1) is 18.3. The molecule has 29 heavy (non-hydrogen) atoms. The number of nitrogens with zero attached hydrogens (tertiary/aromatic N) is 2. The molecular formula is C23H20N4O2. The molecule has 1 aromatic heterocycles. The van der Waals surface area contributed by atoms with Gasteiger partial charge < -0.3 is 21.3 Å². The summed E-state index contributed by atoms with van der Waals surface area (Å²) in [5, 5.41) is 23.1. The summed E-state index contributed by atoms with van der Waals surface area (Å²) < 4.78 is 0. The van der Waals surface area contributed by atoms with E-state index in [2.05, 4.69) is 15.3 Å². The summed E-state index contributed by atoms with van der Waals surface area (Å²) in [6, 6.07) is 23.8. The zero-order valence-electron chi connectivity index (χ0n) is 15.6. The number of nitrogens with one attached hydrogen (secondary N) is 1. The van der Waals surface area contributed by atoms with Crippen LogP contribution in [-0.2, 0) is 6.54 Å². The fourth-order valence-electron chi connectivity index (χ4n) is 3.06. The number of hydrogen-bond acceptors (Lipinski definition) is 6. The minimum atomic E-state index is 0.0969. The maximum absolute atomic E-state index is 10.4. The van der Waals surface area contributed by atoms with E-state index in [0.717, 1.165) is 16.7 Å². The number of aromatic hydroxyl groups is 2. The van der Waals surface area contributed by atoms with E-state index >= 15 is 0 Å². The number of hydrogen-bond donors (Lipinski definition) is 4. The van der Waals surface area contributed by atoms with Crippen LogP contribution in [0.2, 0.25) is 0 Å². The van der Waals surface area contributed by atoms with Crippen LogP contribution in [0.15, 0.2) is 78.9 Å². The Balaban J connectivity index is 1.66. The SMILES string of the molecule is Nc1nc(NCc2ccccc2)cc(-c2cc(-c3ccc(O)cc3)ccc2O)n1. The molecule has 0 aliphatic carbocycles. The predicted octanol–water partition coefficient (Wildman–Crippen LogP) is 4.42. The maximum atomic E-state index is 10.4. The van der Waals surface area contributed by atoms with E-state index in [1.165, 1.54) is 0 Å². The molecule has 0 saturated carbocycles. The molecule has 0 bridgehead atoms. The van der Waals surface area contributed by atoms with Gasteiger partial charge in [-0.15, -0.1) is 0 Å². The molecule has 0 saturated heterocycles. The second kappa shape index (κ2) is 7.90. The summed E-state index contributed by atoms with van der Waals surface area (Å²) in [5.41, 5.74) is 9.89. The zero-order valence-corrected chi connectivity index (χ0v) is 15.6. The van der Waals surface area contributed by atoms with Gasteiger partial charge in [-0.25, -0.2) is 4.98 Å². The third-order valence-corrected chi connectivity index (χ3v) is 4.53. The van der Waals surface area contributed by atoms with Crippen molar-refractivity contribution in [2.24, 2.45) is 0 Å². The standard InChI is InChI=1S/C23H20N4O2/c24-23-26-20(13-22(27-23)25-14-15-4-2-1-3-5-15)19-12-17(8-11-21(19)29)16-6-9-18(28)10-7-16/h1-13,28-29H,14H2,(H3,24,25,26,27). The molecule has 6 heteroatoms. The number of nitrogen functional groups attached to an aromatic ring is 1. The molecule has 4 rings (SSSR count). The van der Waals surface area contributed by atoms with E-state index in [9.17, 15) is 10.2 Å². The van der Waals surface area contributed by atoms with Crippen LogP contribution in [0.3, 0.4) is 0 Å². The van der Waals surface area contributed by atoms with Crippen molar-refractivity contribution in [3.05, 3.63) is 84.4 Å². The largest absolute Gasteiger partial charge is 0.508 e. The number of phenolic OH excluding ortho intramolecular Hbond substituents is 2. The molecule has 3 aromatic carbocycles. The predicted molar refractivity (Wildman–Crippen MR) is 114 cm³/mol. The van der Waals surface area contributed by atoms with Crippen molar-refractivity contribution in [2.45, 2.75) is 6.54 Å². The van der Waals surface area contributed by atoms with E-state index < -0.39 is 0 Å². The Morgan fingerprint density at radius 2 is 1.52 bits per heavy atom. The van der Waals surface area contributed by atoms with Crippen LogP contribution in [0.25, 0.3) is 22.4 Å². The Kier molecular flexibility index (Phi) is 4.99. The topological polar surface area (TPSA) is 104 Å². The molecule has 0 atom stereocenters. The highest BCUT2D eigenvalue weighted by atomic mass is 16.3. The highest BCUT2D eigenvalue weighted by Crippen LogP contribution is 2.34. The highest BCUT2D eigenvalue weighted by molar-refractivity contribution is 5.77. The second-order valence-corrected chi connectivity index (χ2v) is 6.61. The summed E-state index contributed by atoms with van der Waals surface area (Å²) in [6.45, 7) is 0.594. The van der Waals surface area contributed by atoms with Gasteiger partial charge in [0.05, 0.1) is 5.69 Å². The van der Waals surface area contributed by atoms with E-state index in [1.807, 2.05) is 54.6 Å². The van der Waals surface area contributed by atoms with Crippen LogP contribution < -0.4 is 11.1 Å². The highest BCUT2D eigenvalue weighted by Gasteiger charge is 2.11. The molecule has 6 nitrogen and oxygen atoms in total. The molecule has 144 valence electrons. The number of rotatable bonds is 5. The average molecular weight is 384 g/mol. The van der Waals surface area contributed by atoms with Gasteiger partial charge in [-0.2, -0.15) is 4.98 Å². The lowest BCUT2D eigenvalue weighted by atomic mass is 10.0. The van der Waals surface area contributed by atoms with Crippen molar-refractivity contribution < 1.29 is 10.2 Å². The molecule has 0 spiro atoms. The summed E-state index contributed by atoms with van der Waals surface area (Å²) >= 11 is 0. The van der Waals surface area contributed by atoms with Crippen LogP contribution in [0.1, 0.15) is 5.56 Å².